The molecule has 0 aliphatic heterocycles. The number of ether oxygens (including phenoxy) is 1. The summed E-state index contributed by atoms with van der Waals surface area (Å²) in [6.07, 6.45) is 6.19. The fraction of sp³-hybridized carbons (Fsp3) is 0.541. The van der Waals surface area contributed by atoms with E-state index < -0.39 is 18.3 Å². The number of hydrogen-bond donors (Lipinski definition) is 0. The Kier molecular flexibility index (Phi) is 10.8. The van der Waals surface area contributed by atoms with Gasteiger partial charge in [0.2, 0.25) is 0 Å². The average molecular weight is 652 g/mol. The van der Waals surface area contributed by atoms with Crippen molar-refractivity contribution >= 4 is 35.2 Å². The quantitative estimate of drug-likeness (QED) is 0.111. The Bertz CT molecular complexity index is 1640. The van der Waals surface area contributed by atoms with Crippen LogP contribution in [0.1, 0.15) is 97.0 Å². The maximum absolute atomic E-state index is 14.4. The van der Waals surface area contributed by atoms with Crippen molar-refractivity contribution in [3.05, 3.63) is 70.4 Å². The maximum Gasteiger partial charge on any atom is 0.305 e. The van der Waals surface area contributed by atoms with Gasteiger partial charge in [-0.3, -0.25) is 4.79 Å². The lowest BCUT2D eigenvalue weighted by Gasteiger charge is -2.42. The molecule has 2 aromatic carbocycles. The number of esters is 1. The number of allylic oxidation sites excluding steroid dienone is 2. The molecule has 1 atom stereocenters. The third-order valence-electron chi connectivity index (χ3n) is 9.95. The SMILES string of the molecule is COC(=O)CC/C(C)=C/Cc1c(O[Si](C(C)C)(C(C)C)C(C)C)ccc2c1c1c(n2S(=O)(=O)c2ccc(C)cc2)CCC(C)C1. The summed E-state index contributed by atoms with van der Waals surface area (Å²) >= 11 is 0. The zero-order valence-electron chi connectivity index (χ0n) is 29.0. The van der Waals surface area contributed by atoms with Crippen LogP contribution in [0.5, 0.6) is 5.75 Å². The smallest absolute Gasteiger partial charge is 0.305 e. The van der Waals surface area contributed by atoms with Crippen LogP contribution in [0, 0.1) is 12.8 Å². The van der Waals surface area contributed by atoms with E-state index in [1.165, 1.54) is 7.11 Å². The highest BCUT2D eigenvalue weighted by atomic mass is 32.2. The fourth-order valence-electron chi connectivity index (χ4n) is 7.55. The molecule has 4 rings (SSSR count). The highest BCUT2D eigenvalue weighted by molar-refractivity contribution is 7.90. The summed E-state index contributed by atoms with van der Waals surface area (Å²) in [6.45, 7) is 20.0. The molecule has 3 aromatic rings. The van der Waals surface area contributed by atoms with E-state index in [-0.39, 0.29) is 5.97 Å². The van der Waals surface area contributed by atoms with Crippen molar-refractivity contribution < 1.29 is 22.4 Å². The van der Waals surface area contributed by atoms with Crippen molar-refractivity contribution in [1.29, 1.82) is 0 Å². The second-order valence-corrected chi connectivity index (χ2v) is 21.2. The largest absolute Gasteiger partial charge is 0.542 e. The predicted octanol–water partition coefficient (Wildman–Crippen LogP) is 9.31. The number of fused-ring (bicyclic) bond motifs is 3. The van der Waals surface area contributed by atoms with Crippen molar-refractivity contribution in [2.45, 2.75) is 122 Å². The first kappa shape index (κ1) is 35.0. The number of nitrogens with zero attached hydrogens (tertiary/aromatic N) is 1. The molecule has 0 saturated heterocycles. The van der Waals surface area contributed by atoms with Crippen LogP contribution in [0.3, 0.4) is 0 Å². The highest BCUT2D eigenvalue weighted by Gasteiger charge is 2.47. The van der Waals surface area contributed by atoms with E-state index in [0.717, 1.165) is 57.5 Å². The van der Waals surface area contributed by atoms with Gasteiger partial charge < -0.3 is 9.16 Å². The molecule has 0 N–H and O–H groups in total. The van der Waals surface area contributed by atoms with Gasteiger partial charge in [-0.05, 0) is 98.3 Å². The van der Waals surface area contributed by atoms with Crippen LogP contribution in [0.2, 0.25) is 16.6 Å². The molecule has 0 spiro atoms. The number of carbonyl (C=O) groups excluding carboxylic acids is 1. The Morgan fingerprint density at radius 2 is 1.62 bits per heavy atom. The van der Waals surface area contributed by atoms with E-state index in [9.17, 15) is 13.2 Å². The molecule has 0 radical (unpaired) electrons. The van der Waals surface area contributed by atoms with E-state index in [0.29, 0.717) is 53.1 Å². The molecule has 8 heteroatoms. The van der Waals surface area contributed by atoms with Gasteiger partial charge in [-0.1, -0.05) is 77.8 Å². The lowest BCUT2D eigenvalue weighted by molar-refractivity contribution is -0.140. The van der Waals surface area contributed by atoms with Gasteiger partial charge in [-0.25, -0.2) is 12.4 Å². The van der Waals surface area contributed by atoms with E-state index in [4.69, 9.17) is 9.16 Å². The summed E-state index contributed by atoms with van der Waals surface area (Å²) in [5.74, 6) is 1.09. The van der Waals surface area contributed by atoms with Gasteiger partial charge in [-0.2, -0.15) is 0 Å². The van der Waals surface area contributed by atoms with Crippen LogP contribution in [-0.4, -0.2) is 33.8 Å². The number of carbonyl (C=O) groups is 1. The van der Waals surface area contributed by atoms with Crippen LogP contribution in [-0.2, 0) is 38.8 Å². The molecule has 0 saturated carbocycles. The van der Waals surface area contributed by atoms with Gasteiger partial charge in [-0.15, -0.1) is 0 Å². The van der Waals surface area contributed by atoms with Crippen molar-refractivity contribution in [3.63, 3.8) is 0 Å². The van der Waals surface area contributed by atoms with Crippen molar-refractivity contribution in [3.8, 4) is 5.75 Å². The molecule has 6 nitrogen and oxygen atoms in total. The number of aromatic nitrogens is 1. The number of hydrogen-bond acceptors (Lipinski definition) is 5. The molecule has 0 amide bonds. The van der Waals surface area contributed by atoms with Gasteiger partial charge in [0.25, 0.3) is 18.3 Å². The summed E-state index contributed by atoms with van der Waals surface area (Å²) in [5.41, 5.74) is 7.08. The molecule has 1 aromatic heterocycles. The molecule has 1 unspecified atom stereocenters. The minimum atomic E-state index is -3.84. The minimum absolute atomic E-state index is 0.225. The van der Waals surface area contributed by atoms with Crippen LogP contribution < -0.4 is 4.43 Å². The van der Waals surface area contributed by atoms with Crippen LogP contribution in [0.25, 0.3) is 10.9 Å². The second-order valence-electron chi connectivity index (χ2n) is 14.0. The first-order valence-corrected chi connectivity index (χ1v) is 20.1. The van der Waals surface area contributed by atoms with E-state index in [2.05, 4.69) is 54.5 Å². The molecule has 0 bridgehead atoms. The summed E-state index contributed by atoms with van der Waals surface area (Å²) < 4.78 is 42.7. The zero-order valence-corrected chi connectivity index (χ0v) is 30.8. The first-order valence-electron chi connectivity index (χ1n) is 16.6. The molecule has 45 heavy (non-hydrogen) atoms. The molecular weight excluding hydrogens is 599 g/mol. The minimum Gasteiger partial charge on any atom is -0.542 e. The van der Waals surface area contributed by atoms with Crippen LogP contribution in [0.4, 0.5) is 0 Å². The Labute approximate surface area is 272 Å². The highest BCUT2D eigenvalue weighted by Crippen LogP contribution is 2.46. The standard InChI is InChI=1S/C37H53NO5SSi/c1-24(2)45(25(3)4,26(5)6)43-35-21-20-34-37(31(35)18-13-28(8)15-22-36(39)42-10)32-23-29(9)14-19-33(32)38(34)44(40,41)30-16-11-27(7)12-17-30/h11-13,16-17,20-21,24-26,29H,14-15,18-19,22-23H2,1-10H3/b28-13+. The summed E-state index contributed by atoms with van der Waals surface area (Å²) in [6, 6.07) is 11.2. The summed E-state index contributed by atoms with van der Waals surface area (Å²) in [4.78, 5) is 12.2. The van der Waals surface area contributed by atoms with Crippen LogP contribution in [0.15, 0.2) is 52.9 Å². The number of methoxy groups -OCH3 is 1. The number of benzene rings is 2. The summed E-state index contributed by atoms with van der Waals surface area (Å²) in [7, 11) is -4.74. The Hall–Kier alpha value is -2.84. The topological polar surface area (TPSA) is 74.6 Å². The third kappa shape index (κ3) is 6.82. The fourth-order valence-corrected chi connectivity index (χ4v) is 14.4. The predicted molar refractivity (Wildman–Crippen MR) is 187 cm³/mol. The van der Waals surface area contributed by atoms with Gasteiger partial charge in [0.05, 0.1) is 17.5 Å². The number of rotatable bonds is 12. The molecule has 246 valence electrons. The summed E-state index contributed by atoms with van der Waals surface area (Å²) in [5, 5.41) is 1.01. The number of aryl methyl sites for hydroxylation is 1. The van der Waals surface area contributed by atoms with Gasteiger partial charge >= 0.3 is 5.97 Å². The molecule has 0 fully saturated rings. The van der Waals surface area contributed by atoms with Gasteiger partial charge in [0, 0.05) is 23.1 Å². The molecule has 1 aliphatic rings. The lowest BCUT2D eigenvalue weighted by Crippen LogP contribution is -2.50. The maximum atomic E-state index is 14.4. The van der Waals surface area contributed by atoms with Gasteiger partial charge in [0.15, 0.2) is 0 Å². The van der Waals surface area contributed by atoms with Gasteiger partial charge in [0.1, 0.15) is 5.75 Å². The second kappa shape index (κ2) is 13.9. The van der Waals surface area contributed by atoms with Crippen molar-refractivity contribution in [1.82, 2.24) is 3.97 Å². The molecular formula is C37H53NO5SSi. The Balaban J connectivity index is 2.02. The lowest BCUT2D eigenvalue weighted by atomic mass is 9.86. The van der Waals surface area contributed by atoms with Crippen LogP contribution >= 0.6 is 0 Å². The first-order chi connectivity index (χ1) is 21.1. The Morgan fingerprint density at radius 1 is 1.00 bits per heavy atom. The normalized spacial score (nSPS) is 16.1. The average Bonchev–Trinajstić information content (AvgIpc) is 3.31. The monoisotopic (exact) mass is 651 g/mol. The van der Waals surface area contributed by atoms with Crippen molar-refractivity contribution in [2.75, 3.05) is 7.11 Å². The third-order valence-corrected chi connectivity index (χ3v) is 17.7. The molecule has 1 aliphatic carbocycles. The van der Waals surface area contributed by atoms with E-state index in [1.54, 1.807) is 16.1 Å². The Morgan fingerprint density at radius 3 is 2.20 bits per heavy atom. The van der Waals surface area contributed by atoms with Crippen molar-refractivity contribution in [2.24, 2.45) is 5.92 Å². The zero-order chi connectivity index (χ0) is 33.3. The van der Waals surface area contributed by atoms with E-state index in [1.807, 2.05) is 38.1 Å². The van der Waals surface area contributed by atoms with E-state index >= 15 is 0 Å². The molecule has 1 heterocycles.